The molecule has 2 heterocycles. The molecule has 0 unspecified atom stereocenters. The van der Waals surface area contributed by atoms with E-state index < -0.39 is 0 Å². The highest BCUT2D eigenvalue weighted by atomic mass is 16.5. The van der Waals surface area contributed by atoms with Gasteiger partial charge in [-0.2, -0.15) is 0 Å². The molecule has 16 heavy (non-hydrogen) atoms. The van der Waals surface area contributed by atoms with Gasteiger partial charge >= 0.3 is 0 Å². The van der Waals surface area contributed by atoms with E-state index in [1.165, 1.54) is 0 Å². The third-order valence-electron chi connectivity index (χ3n) is 2.58. The maximum Gasteiger partial charge on any atom is 0.257 e. The highest BCUT2D eigenvalue weighted by Gasteiger charge is 2.19. The average molecular weight is 221 g/mol. The van der Waals surface area contributed by atoms with Crippen LogP contribution in [0.5, 0.6) is 0 Å². The number of pyridine rings is 1. The summed E-state index contributed by atoms with van der Waals surface area (Å²) in [7, 11) is 0. The highest BCUT2D eigenvalue weighted by Crippen LogP contribution is 2.12. The zero-order valence-corrected chi connectivity index (χ0v) is 9.06. The Hall–Kier alpha value is -1.62. The van der Waals surface area contributed by atoms with Gasteiger partial charge in [-0.05, 0) is 18.6 Å². The maximum atomic E-state index is 12.1. The van der Waals surface area contributed by atoms with Crippen LogP contribution in [0.15, 0.2) is 18.3 Å². The van der Waals surface area contributed by atoms with Gasteiger partial charge in [-0.3, -0.25) is 4.79 Å². The second kappa shape index (κ2) is 4.94. The van der Waals surface area contributed by atoms with Crippen LogP contribution in [0.2, 0.25) is 0 Å². The van der Waals surface area contributed by atoms with Gasteiger partial charge in [0.05, 0.1) is 12.2 Å². The third-order valence-corrected chi connectivity index (χ3v) is 2.58. The number of hydrogen-bond donors (Lipinski definition) is 1. The van der Waals surface area contributed by atoms with Crippen molar-refractivity contribution in [3.63, 3.8) is 0 Å². The van der Waals surface area contributed by atoms with E-state index in [0.29, 0.717) is 31.9 Å². The van der Waals surface area contributed by atoms with Crippen molar-refractivity contribution in [2.24, 2.45) is 0 Å². The molecule has 0 spiro atoms. The topological polar surface area (TPSA) is 68.5 Å². The number of aromatic nitrogens is 1. The smallest absolute Gasteiger partial charge is 0.257 e. The van der Waals surface area contributed by atoms with Gasteiger partial charge < -0.3 is 15.4 Å². The number of carbonyl (C=O) groups is 1. The van der Waals surface area contributed by atoms with Gasteiger partial charge in [0.15, 0.2) is 0 Å². The normalized spacial score (nSPS) is 16.9. The predicted molar refractivity (Wildman–Crippen MR) is 60.0 cm³/mol. The Morgan fingerprint density at radius 2 is 2.31 bits per heavy atom. The molecule has 0 radical (unpaired) electrons. The van der Waals surface area contributed by atoms with E-state index in [2.05, 4.69) is 4.98 Å². The molecule has 2 N–H and O–H groups in total. The van der Waals surface area contributed by atoms with E-state index in [4.69, 9.17) is 10.5 Å². The van der Waals surface area contributed by atoms with E-state index in [1.54, 1.807) is 23.2 Å². The van der Waals surface area contributed by atoms with Crippen molar-refractivity contribution >= 4 is 11.7 Å². The SMILES string of the molecule is Nc1ncccc1C(=O)N1CCCOCC1. The minimum absolute atomic E-state index is 0.0592. The largest absolute Gasteiger partial charge is 0.383 e. The van der Waals surface area contributed by atoms with Crippen molar-refractivity contribution in [3.05, 3.63) is 23.9 Å². The van der Waals surface area contributed by atoms with Crippen LogP contribution in [0.25, 0.3) is 0 Å². The van der Waals surface area contributed by atoms with Crippen molar-refractivity contribution < 1.29 is 9.53 Å². The molecule has 5 heteroatoms. The van der Waals surface area contributed by atoms with Crippen LogP contribution in [-0.4, -0.2) is 42.1 Å². The van der Waals surface area contributed by atoms with E-state index in [0.717, 1.165) is 6.42 Å². The van der Waals surface area contributed by atoms with Crippen LogP contribution in [0.1, 0.15) is 16.8 Å². The van der Waals surface area contributed by atoms with Crippen molar-refractivity contribution in [2.75, 3.05) is 32.0 Å². The van der Waals surface area contributed by atoms with Crippen molar-refractivity contribution in [3.8, 4) is 0 Å². The molecule has 1 aliphatic rings. The number of carbonyl (C=O) groups excluding carboxylic acids is 1. The first-order valence-electron chi connectivity index (χ1n) is 5.36. The number of amides is 1. The first-order chi connectivity index (χ1) is 7.79. The molecule has 0 aliphatic carbocycles. The van der Waals surface area contributed by atoms with Crippen LogP contribution >= 0.6 is 0 Å². The van der Waals surface area contributed by atoms with Crippen LogP contribution < -0.4 is 5.73 Å². The van der Waals surface area contributed by atoms with E-state index >= 15 is 0 Å². The second-order valence-corrected chi connectivity index (χ2v) is 3.69. The number of ether oxygens (including phenoxy) is 1. The van der Waals surface area contributed by atoms with Crippen LogP contribution in [0.4, 0.5) is 5.82 Å². The lowest BCUT2D eigenvalue weighted by molar-refractivity contribution is 0.0742. The monoisotopic (exact) mass is 221 g/mol. The Bertz CT molecular complexity index is 373. The molecule has 1 fully saturated rings. The zero-order valence-electron chi connectivity index (χ0n) is 9.06. The summed E-state index contributed by atoms with van der Waals surface area (Å²) >= 11 is 0. The molecular weight excluding hydrogens is 206 g/mol. The maximum absolute atomic E-state index is 12.1. The summed E-state index contributed by atoms with van der Waals surface area (Å²) in [5.41, 5.74) is 6.15. The van der Waals surface area contributed by atoms with E-state index in [1.807, 2.05) is 0 Å². The van der Waals surface area contributed by atoms with Gasteiger partial charge in [0, 0.05) is 25.9 Å². The molecule has 86 valence electrons. The molecule has 0 atom stereocenters. The van der Waals surface area contributed by atoms with E-state index in [9.17, 15) is 4.79 Å². The third kappa shape index (κ3) is 2.30. The van der Waals surface area contributed by atoms with Crippen molar-refractivity contribution in [2.45, 2.75) is 6.42 Å². The fourth-order valence-corrected chi connectivity index (χ4v) is 1.72. The molecule has 0 saturated carbocycles. The lowest BCUT2D eigenvalue weighted by Gasteiger charge is -2.19. The quantitative estimate of drug-likeness (QED) is 0.751. The van der Waals surface area contributed by atoms with E-state index in [-0.39, 0.29) is 11.7 Å². The predicted octanol–water partition coefficient (Wildman–Crippen LogP) is 0.526. The lowest BCUT2D eigenvalue weighted by Crippen LogP contribution is -2.33. The number of rotatable bonds is 1. The van der Waals surface area contributed by atoms with Gasteiger partial charge in [-0.25, -0.2) is 4.98 Å². The first-order valence-corrected chi connectivity index (χ1v) is 5.36. The molecule has 1 aromatic rings. The molecule has 5 nitrogen and oxygen atoms in total. The molecule has 1 amide bonds. The average Bonchev–Trinajstić information content (AvgIpc) is 2.57. The summed E-state index contributed by atoms with van der Waals surface area (Å²) < 4.78 is 5.30. The standard InChI is InChI=1S/C11H15N3O2/c12-10-9(3-1-4-13-10)11(15)14-5-2-7-16-8-6-14/h1,3-4H,2,5-8H2,(H2,12,13). The Morgan fingerprint density at radius 1 is 1.44 bits per heavy atom. The number of nitrogens with zero attached hydrogens (tertiary/aromatic N) is 2. The lowest BCUT2D eigenvalue weighted by atomic mass is 10.2. The zero-order chi connectivity index (χ0) is 11.4. The Balaban J connectivity index is 2.14. The van der Waals surface area contributed by atoms with Crippen molar-refractivity contribution in [1.29, 1.82) is 0 Å². The summed E-state index contributed by atoms with van der Waals surface area (Å²) in [4.78, 5) is 17.8. The van der Waals surface area contributed by atoms with Crippen molar-refractivity contribution in [1.82, 2.24) is 9.88 Å². The first kappa shape index (κ1) is 10.9. The Labute approximate surface area is 94.2 Å². The number of nitrogens with two attached hydrogens (primary N) is 1. The molecule has 2 rings (SSSR count). The summed E-state index contributed by atoms with van der Waals surface area (Å²) in [6.07, 6.45) is 2.45. The minimum Gasteiger partial charge on any atom is -0.383 e. The van der Waals surface area contributed by atoms with Crippen LogP contribution in [-0.2, 0) is 4.74 Å². The Morgan fingerprint density at radius 3 is 3.12 bits per heavy atom. The van der Waals surface area contributed by atoms with Gasteiger partial charge in [0.25, 0.3) is 5.91 Å². The molecular formula is C11H15N3O2. The van der Waals surface area contributed by atoms with Crippen LogP contribution in [0.3, 0.4) is 0 Å². The van der Waals surface area contributed by atoms with Gasteiger partial charge in [0.2, 0.25) is 0 Å². The summed E-state index contributed by atoms with van der Waals surface area (Å²) in [5, 5.41) is 0. The summed E-state index contributed by atoms with van der Waals surface area (Å²) in [5.74, 6) is 0.230. The molecule has 1 saturated heterocycles. The molecule has 0 aromatic carbocycles. The van der Waals surface area contributed by atoms with Crippen LogP contribution in [0, 0.1) is 0 Å². The summed E-state index contributed by atoms with van der Waals surface area (Å²) in [6, 6.07) is 3.42. The number of hydrogen-bond acceptors (Lipinski definition) is 4. The van der Waals surface area contributed by atoms with Gasteiger partial charge in [-0.1, -0.05) is 0 Å². The Kier molecular flexibility index (Phi) is 3.36. The highest BCUT2D eigenvalue weighted by molar-refractivity contribution is 5.98. The molecule has 1 aromatic heterocycles. The van der Waals surface area contributed by atoms with Gasteiger partial charge in [0.1, 0.15) is 5.82 Å². The molecule has 1 aliphatic heterocycles. The van der Waals surface area contributed by atoms with Gasteiger partial charge in [-0.15, -0.1) is 0 Å². The fraction of sp³-hybridized carbons (Fsp3) is 0.455. The summed E-state index contributed by atoms with van der Waals surface area (Å²) in [6.45, 7) is 2.64. The fourth-order valence-electron chi connectivity index (χ4n) is 1.72. The molecule has 0 bridgehead atoms. The second-order valence-electron chi connectivity index (χ2n) is 3.69. The number of nitrogen functional groups attached to an aromatic ring is 1. The minimum atomic E-state index is -0.0592. The number of anilines is 1.